The molecule has 17 heavy (non-hydrogen) atoms. The third-order valence-corrected chi connectivity index (χ3v) is 3.89. The molecule has 2 N–H and O–H groups in total. The molecule has 0 saturated carbocycles. The van der Waals surface area contributed by atoms with Crippen LogP contribution in [0.5, 0.6) is 0 Å². The van der Waals surface area contributed by atoms with Gasteiger partial charge in [-0.1, -0.05) is 0 Å². The fourth-order valence-electron chi connectivity index (χ4n) is 2.91. The third-order valence-electron chi connectivity index (χ3n) is 3.89. The van der Waals surface area contributed by atoms with Gasteiger partial charge in [-0.3, -0.25) is 9.69 Å². The largest absolute Gasteiger partial charge is 0.370 e. The van der Waals surface area contributed by atoms with Crippen molar-refractivity contribution in [1.29, 1.82) is 0 Å². The third kappa shape index (κ3) is 2.78. The van der Waals surface area contributed by atoms with Crippen LogP contribution in [-0.4, -0.2) is 67.7 Å². The fourth-order valence-corrected chi connectivity index (χ4v) is 2.91. The number of ether oxygens (including phenoxy) is 1. The lowest BCUT2D eigenvalue weighted by molar-refractivity contribution is -0.141. The van der Waals surface area contributed by atoms with Crippen LogP contribution in [0.1, 0.15) is 19.3 Å². The summed E-state index contributed by atoms with van der Waals surface area (Å²) in [6.07, 6.45) is 3.06. The van der Waals surface area contributed by atoms with Crippen molar-refractivity contribution in [3.63, 3.8) is 0 Å². The molecule has 5 heteroatoms. The second-order valence-corrected chi connectivity index (χ2v) is 4.93. The SMILES string of the molecule is COC(CN)C(=O)N1CCCN2CCCC2C1. The predicted octanol–water partition coefficient (Wildman–Crippen LogP) is -0.343. The Morgan fingerprint density at radius 3 is 2.88 bits per heavy atom. The van der Waals surface area contributed by atoms with E-state index < -0.39 is 6.10 Å². The van der Waals surface area contributed by atoms with Crippen molar-refractivity contribution >= 4 is 5.91 Å². The Kier molecular flexibility index (Phi) is 4.36. The minimum Gasteiger partial charge on any atom is -0.370 e. The number of rotatable bonds is 3. The van der Waals surface area contributed by atoms with Crippen molar-refractivity contribution in [2.45, 2.75) is 31.4 Å². The average Bonchev–Trinajstić information content (AvgIpc) is 2.68. The van der Waals surface area contributed by atoms with Crippen molar-refractivity contribution in [3.05, 3.63) is 0 Å². The molecule has 2 aliphatic rings. The van der Waals surface area contributed by atoms with E-state index in [1.165, 1.54) is 19.4 Å². The lowest BCUT2D eigenvalue weighted by atomic mass is 10.2. The summed E-state index contributed by atoms with van der Waals surface area (Å²) in [5, 5.41) is 0. The van der Waals surface area contributed by atoms with Gasteiger partial charge in [-0.05, 0) is 25.8 Å². The highest BCUT2D eigenvalue weighted by atomic mass is 16.5. The molecule has 0 aromatic heterocycles. The van der Waals surface area contributed by atoms with E-state index >= 15 is 0 Å². The van der Waals surface area contributed by atoms with Gasteiger partial charge in [0.25, 0.3) is 5.91 Å². The topological polar surface area (TPSA) is 58.8 Å². The molecule has 1 amide bonds. The van der Waals surface area contributed by atoms with E-state index in [4.69, 9.17) is 10.5 Å². The van der Waals surface area contributed by atoms with Gasteiger partial charge >= 0.3 is 0 Å². The molecule has 98 valence electrons. The molecule has 2 atom stereocenters. The van der Waals surface area contributed by atoms with Crippen molar-refractivity contribution in [2.75, 3.05) is 39.8 Å². The summed E-state index contributed by atoms with van der Waals surface area (Å²) < 4.78 is 5.14. The molecule has 0 radical (unpaired) electrons. The molecule has 2 aliphatic heterocycles. The summed E-state index contributed by atoms with van der Waals surface area (Å²) in [6.45, 7) is 4.26. The predicted molar refractivity (Wildman–Crippen MR) is 65.6 cm³/mol. The Labute approximate surface area is 103 Å². The number of methoxy groups -OCH3 is 1. The number of carbonyl (C=O) groups excluding carboxylic acids is 1. The zero-order valence-corrected chi connectivity index (χ0v) is 10.6. The number of amides is 1. The number of carbonyl (C=O) groups is 1. The molecule has 0 aliphatic carbocycles. The smallest absolute Gasteiger partial charge is 0.253 e. The molecule has 2 heterocycles. The highest BCUT2D eigenvalue weighted by Crippen LogP contribution is 2.21. The minimum absolute atomic E-state index is 0.0590. The van der Waals surface area contributed by atoms with Crippen LogP contribution < -0.4 is 5.73 Å². The number of hydrogen-bond donors (Lipinski definition) is 1. The van der Waals surface area contributed by atoms with E-state index in [-0.39, 0.29) is 12.5 Å². The molecular formula is C12H23N3O2. The Bertz CT molecular complexity index is 268. The van der Waals surface area contributed by atoms with Crippen LogP contribution in [0.2, 0.25) is 0 Å². The Balaban J connectivity index is 1.98. The van der Waals surface area contributed by atoms with Crippen LogP contribution in [0, 0.1) is 0 Å². The summed E-state index contributed by atoms with van der Waals surface area (Å²) in [6, 6.07) is 0.553. The van der Waals surface area contributed by atoms with Crippen LogP contribution in [0.25, 0.3) is 0 Å². The Morgan fingerprint density at radius 2 is 2.18 bits per heavy atom. The molecule has 2 unspecified atom stereocenters. The van der Waals surface area contributed by atoms with Crippen molar-refractivity contribution < 1.29 is 9.53 Å². The van der Waals surface area contributed by atoms with Gasteiger partial charge in [-0.2, -0.15) is 0 Å². The van der Waals surface area contributed by atoms with E-state index in [0.29, 0.717) is 6.04 Å². The highest BCUT2D eigenvalue weighted by molar-refractivity contribution is 5.81. The van der Waals surface area contributed by atoms with Crippen LogP contribution >= 0.6 is 0 Å². The summed E-state index contributed by atoms with van der Waals surface area (Å²) >= 11 is 0. The summed E-state index contributed by atoms with van der Waals surface area (Å²) in [7, 11) is 1.55. The maximum Gasteiger partial charge on any atom is 0.253 e. The quantitative estimate of drug-likeness (QED) is 0.734. The van der Waals surface area contributed by atoms with E-state index in [2.05, 4.69) is 4.90 Å². The molecule has 2 saturated heterocycles. The number of fused-ring (bicyclic) bond motifs is 1. The highest BCUT2D eigenvalue weighted by Gasteiger charge is 2.32. The standard InChI is InChI=1S/C12H23N3O2/c1-17-11(8-13)12(16)15-7-3-6-14-5-2-4-10(14)9-15/h10-11H,2-9,13H2,1H3. The molecule has 5 nitrogen and oxygen atoms in total. The van der Waals surface area contributed by atoms with Crippen molar-refractivity contribution in [3.8, 4) is 0 Å². The van der Waals surface area contributed by atoms with Crippen molar-refractivity contribution in [1.82, 2.24) is 9.80 Å². The maximum atomic E-state index is 12.2. The van der Waals surface area contributed by atoms with Crippen LogP contribution in [-0.2, 0) is 9.53 Å². The van der Waals surface area contributed by atoms with Gasteiger partial charge in [0, 0.05) is 39.3 Å². The number of hydrogen-bond acceptors (Lipinski definition) is 4. The summed E-state index contributed by atoms with van der Waals surface area (Å²) in [4.78, 5) is 16.7. The van der Waals surface area contributed by atoms with Gasteiger partial charge in [0.05, 0.1) is 0 Å². The van der Waals surface area contributed by atoms with E-state index in [1.54, 1.807) is 7.11 Å². The minimum atomic E-state index is -0.469. The Morgan fingerprint density at radius 1 is 1.41 bits per heavy atom. The second-order valence-electron chi connectivity index (χ2n) is 4.93. The molecule has 0 aromatic rings. The first-order valence-electron chi connectivity index (χ1n) is 6.52. The van der Waals surface area contributed by atoms with Gasteiger partial charge in [0.2, 0.25) is 0 Å². The van der Waals surface area contributed by atoms with E-state index in [0.717, 1.165) is 26.1 Å². The zero-order chi connectivity index (χ0) is 12.3. The van der Waals surface area contributed by atoms with Crippen LogP contribution in [0.3, 0.4) is 0 Å². The normalized spacial score (nSPS) is 27.6. The second kappa shape index (κ2) is 5.80. The number of nitrogens with two attached hydrogens (primary N) is 1. The van der Waals surface area contributed by atoms with Gasteiger partial charge in [0.1, 0.15) is 6.10 Å². The van der Waals surface area contributed by atoms with Crippen molar-refractivity contribution in [2.24, 2.45) is 5.73 Å². The van der Waals surface area contributed by atoms with E-state index in [9.17, 15) is 4.79 Å². The van der Waals surface area contributed by atoms with Gasteiger partial charge in [-0.25, -0.2) is 0 Å². The fraction of sp³-hybridized carbons (Fsp3) is 0.917. The van der Waals surface area contributed by atoms with Gasteiger partial charge in [-0.15, -0.1) is 0 Å². The number of nitrogens with zero attached hydrogens (tertiary/aromatic N) is 2. The first kappa shape index (κ1) is 12.8. The monoisotopic (exact) mass is 241 g/mol. The zero-order valence-electron chi connectivity index (χ0n) is 10.6. The lowest BCUT2D eigenvalue weighted by Gasteiger charge is -2.28. The Hall–Kier alpha value is -0.650. The van der Waals surface area contributed by atoms with Crippen LogP contribution in [0.15, 0.2) is 0 Å². The molecule has 0 bridgehead atoms. The molecule has 2 rings (SSSR count). The average molecular weight is 241 g/mol. The van der Waals surface area contributed by atoms with E-state index in [1.807, 2.05) is 4.90 Å². The summed E-state index contributed by atoms with van der Waals surface area (Å²) in [5.74, 6) is 0.0590. The molecule has 2 fully saturated rings. The molecule has 0 spiro atoms. The first-order valence-corrected chi connectivity index (χ1v) is 6.52. The van der Waals surface area contributed by atoms with Crippen LogP contribution in [0.4, 0.5) is 0 Å². The molecular weight excluding hydrogens is 218 g/mol. The first-order chi connectivity index (χ1) is 8.26. The molecule has 0 aromatic carbocycles. The maximum absolute atomic E-state index is 12.2. The lowest BCUT2D eigenvalue weighted by Crippen LogP contribution is -2.47. The summed E-state index contributed by atoms with van der Waals surface area (Å²) in [5.41, 5.74) is 5.55. The van der Waals surface area contributed by atoms with Gasteiger partial charge < -0.3 is 15.4 Å². The van der Waals surface area contributed by atoms with Gasteiger partial charge in [0.15, 0.2) is 0 Å².